The van der Waals surface area contributed by atoms with Crippen LogP contribution in [0.25, 0.3) is 11.1 Å². The fraction of sp³-hybridized carbons (Fsp3) is 0.500. The predicted octanol–water partition coefficient (Wildman–Crippen LogP) is 2.16. The number of hydrogen-bond donors (Lipinski definition) is 1. The molecule has 25 heavy (non-hydrogen) atoms. The third-order valence-corrected chi connectivity index (χ3v) is 5.06. The highest BCUT2D eigenvalue weighted by molar-refractivity contribution is 6.04. The molecule has 1 N–H and O–H groups in total. The van der Waals surface area contributed by atoms with Crippen molar-refractivity contribution in [2.45, 2.75) is 32.2 Å². The summed E-state index contributed by atoms with van der Waals surface area (Å²) in [6, 6.07) is 5.70. The van der Waals surface area contributed by atoms with Crippen LogP contribution >= 0.6 is 0 Å². The zero-order valence-electron chi connectivity index (χ0n) is 14.3. The van der Waals surface area contributed by atoms with Gasteiger partial charge in [-0.05, 0) is 31.4 Å². The van der Waals surface area contributed by atoms with Gasteiger partial charge in [0, 0.05) is 39.1 Å². The van der Waals surface area contributed by atoms with Crippen molar-refractivity contribution in [2.24, 2.45) is 0 Å². The van der Waals surface area contributed by atoms with Gasteiger partial charge in [0.1, 0.15) is 5.52 Å². The first kappa shape index (κ1) is 15.9. The number of hydrogen-bond acceptors (Lipinski definition) is 4. The van der Waals surface area contributed by atoms with Crippen molar-refractivity contribution >= 4 is 23.0 Å². The number of benzene rings is 1. The maximum absolute atomic E-state index is 12.9. The number of carbonyl (C=O) groups is 2. The summed E-state index contributed by atoms with van der Waals surface area (Å²) >= 11 is 0. The molecular formula is C18H22N4O3. The van der Waals surface area contributed by atoms with Crippen LogP contribution in [-0.4, -0.2) is 58.9 Å². The monoisotopic (exact) mass is 342 g/mol. The fourth-order valence-electron chi connectivity index (χ4n) is 3.78. The molecule has 0 spiro atoms. The molecule has 7 heteroatoms. The Kier molecular flexibility index (Phi) is 4.07. The smallest absolute Gasteiger partial charge is 0.317 e. The van der Waals surface area contributed by atoms with Gasteiger partial charge in [0.15, 0.2) is 11.5 Å². The van der Waals surface area contributed by atoms with Crippen LogP contribution in [0, 0.1) is 6.92 Å². The van der Waals surface area contributed by atoms with Crippen molar-refractivity contribution in [1.82, 2.24) is 20.1 Å². The van der Waals surface area contributed by atoms with Crippen LogP contribution in [0.5, 0.6) is 0 Å². The van der Waals surface area contributed by atoms with E-state index >= 15 is 0 Å². The molecular weight excluding hydrogens is 320 g/mol. The molecule has 7 nitrogen and oxygen atoms in total. The Balaban J connectivity index is 1.46. The van der Waals surface area contributed by atoms with E-state index in [4.69, 9.17) is 4.42 Å². The average molecular weight is 342 g/mol. The number of aromatic nitrogens is 1. The Hall–Kier alpha value is -2.57. The molecule has 0 atom stereocenters. The van der Waals surface area contributed by atoms with Gasteiger partial charge in [-0.15, -0.1) is 0 Å². The van der Waals surface area contributed by atoms with E-state index in [0.29, 0.717) is 35.6 Å². The van der Waals surface area contributed by atoms with Gasteiger partial charge in [-0.2, -0.15) is 0 Å². The summed E-state index contributed by atoms with van der Waals surface area (Å²) in [6.07, 6.45) is 2.61. The SMILES string of the molecule is Cc1nc2c(C(=O)N3CCC(N4CCCNC4=O)CC3)cccc2o1. The number of para-hydroxylation sites is 1. The minimum Gasteiger partial charge on any atom is -0.441 e. The normalized spacial score (nSPS) is 19.3. The third-order valence-electron chi connectivity index (χ3n) is 5.06. The molecule has 0 aliphatic carbocycles. The summed E-state index contributed by atoms with van der Waals surface area (Å²) in [4.78, 5) is 33.1. The first-order valence-electron chi connectivity index (χ1n) is 8.83. The van der Waals surface area contributed by atoms with E-state index in [9.17, 15) is 9.59 Å². The van der Waals surface area contributed by atoms with E-state index in [1.54, 1.807) is 13.0 Å². The quantitative estimate of drug-likeness (QED) is 0.907. The van der Waals surface area contributed by atoms with Crippen molar-refractivity contribution in [1.29, 1.82) is 0 Å². The lowest BCUT2D eigenvalue weighted by Gasteiger charge is -2.40. The number of amides is 3. The Bertz CT molecular complexity index is 808. The van der Waals surface area contributed by atoms with E-state index in [0.717, 1.165) is 32.4 Å². The van der Waals surface area contributed by atoms with Crippen LogP contribution in [0.3, 0.4) is 0 Å². The van der Waals surface area contributed by atoms with Gasteiger partial charge >= 0.3 is 6.03 Å². The lowest BCUT2D eigenvalue weighted by Crippen LogP contribution is -2.54. The molecule has 2 fully saturated rings. The van der Waals surface area contributed by atoms with Gasteiger partial charge in [-0.1, -0.05) is 6.07 Å². The fourth-order valence-corrected chi connectivity index (χ4v) is 3.78. The summed E-state index contributed by atoms with van der Waals surface area (Å²) in [5.74, 6) is 0.547. The second-order valence-electron chi connectivity index (χ2n) is 6.69. The number of urea groups is 1. The molecule has 2 aliphatic rings. The average Bonchev–Trinajstić information content (AvgIpc) is 3.02. The molecule has 3 heterocycles. The standard InChI is InChI=1S/C18H22N4O3/c1-12-20-16-14(4-2-5-15(16)25-12)17(23)21-10-6-13(7-11-21)22-9-3-8-19-18(22)24/h2,4-5,13H,3,6-11H2,1H3,(H,19,24). The Morgan fingerprint density at radius 3 is 2.84 bits per heavy atom. The number of oxazole rings is 1. The van der Waals surface area contributed by atoms with Crippen molar-refractivity contribution in [3.63, 3.8) is 0 Å². The van der Waals surface area contributed by atoms with Crippen LogP contribution in [0.1, 0.15) is 35.5 Å². The lowest BCUT2D eigenvalue weighted by molar-refractivity contribution is 0.0644. The summed E-state index contributed by atoms with van der Waals surface area (Å²) in [7, 11) is 0. The Morgan fingerprint density at radius 1 is 1.28 bits per heavy atom. The highest BCUT2D eigenvalue weighted by Crippen LogP contribution is 2.24. The topological polar surface area (TPSA) is 78.7 Å². The van der Waals surface area contributed by atoms with Crippen LogP contribution in [0.15, 0.2) is 22.6 Å². The first-order chi connectivity index (χ1) is 12.1. The lowest BCUT2D eigenvalue weighted by atomic mass is 10.0. The largest absolute Gasteiger partial charge is 0.441 e. The summed E-state index contributed by atoms with van der Waals surface area (Å²) in [5.41, 5.74) is 1.86. The van der Waals surface area contributed by atoms with Crippen molar-refractivity contribution in [2.75, 3.05) is 26.2 Å². The molecule has 2 aliphatic heterocycles. The molecule has 1 aromatic heterocycles. The maximum Gasteiger partial charge on any atom is 0.317 e. The molecule has 132 valence electrons. The van der Waals surface area contributed by atoms with Gasteiger partial charge in [-0.3, -0.25) is 4.79 Å². The Labute approximate surface area is 146 Å². The number of likely N-dealkylation sites (tertiary alicyclic amines) is 1. The first-order valence-corrected chi connectivity index (χ1v) is 8.83. The van der Waals surface area contributed by atoms with Crippen LogP contribution in [0.2, 0.25) is 0 Å². The molecule has 0 radical (unpaired) electrons. The number of nitrogens with one attached hydrogen (secondary N) is 1. The molecule has 2 aromatic rings. The van der Waals surface area contributed by atoms with E-state index in [1.807, 2.05) is 21.9 Å². The molecule has 0 saturated carbocycles. The van der Waals surface area contributed by atoms with Crippen LogP contribution < -0.4 is 5.32 Å². The molecule has 0 bridgehead atoms. The van der Waals surface area contributed by atoms with Crippen molar-refractivity contribution < 1.29 is 14.0 Å². The molecule has 1 aromatic carbocycles. The van der Waals surface area contributed by atoms with Crippen molar-refractivity contribution in [3.05, 3.63) is 29.7 Å². The van der Waals surface area contributed by atoms with Gasteiger partial charge < -0.3 is 19.5 Å². The second kappa shape index (κ2) is 6.38. The van der Waals surface area contributed by atoms with E-state index in [-0.39, 0.29) is 18.0 Å². The predicted molar refractivity (Wildman–Crippen MR) is 92.4 cm³/mol. The van der Waals surface area contributed by atoms with Gasteiger partial charge in [0.2, 0.25) is 0 Å². The number of fused-ring (bicyclic) bond motifs is 1. The molecule has 3 amide bonds. The minimum absolute atomic E-state index is 0.0135. The zero-order chi connectivity index (χ0) is 17.4. The molecule has 2 saturated heterocycles. The van der Waals surface area contributed by atoms with E-state index in [1.165, 1.54) is 0 Å². The molecule has 0 unspecified atom stereocenters. The summed E-state index contributed by atoms with van der Waals surface area (Å²) in [5, 5.41) is 2.90. The number of aryl methyl sites for hydroxylation is 1. The highest BCUT2D eigenvalue weighted by atomic mass is 16.3. The number of rotatable bonds is 2. The summed E-state index contributed by atoms with van der Waals surface area (Å²) < 4.78 is 5.52. The third kappa shape index (κ3) is 2.94. The second-order valence-corrected chi connectivity index (χ2v) is 6.69. The van der Waals surface area contributed by atoms with Crippen LogP contribution in [0.4, 0.5) is 4.79 Å². The summed E-state index contributed by atoms with van der Waals surface area (Å²) in [6.45, 7) is 4.65. The van der Waals surface area contributed by atoms with Crippen molar-refractivity contribution in [3.8, 4) is 0 Å². The Morgan fingerprint density at radius 2 is 2.08 bits per heavy atom. The zero-order valence-corrected chi connectivity index (χ0v) is 14.3. The number of piperidine rings is 1. The number of nitrogens with zero attached hydrogens (tertiary/aromatic N) is 3. The van der Waals surface area contributed by atoms with Gasteiger partial charge in [-0.25, -0.2) is 9.78 Å². The maximum atomic E-state index is 12.9. The number of carbonyl (C=O) groups excluding carboxylic acids is 2. The molecule has 4 rings (SSSR count). The van der Waals surface area contributed by atoms with E-state index in [2.05, 4.69) is 10.3 Å². The van der Waals surface area contributed by atoms with Gasteiger partial charge in [0.05, 0.1) is 5.56 Å². The van der Waals surface area contributed by atoms with Crippen LogP contribution in [-0.2, 0) is 0 Å². The van der Waals surface area contributed by atoms with E-state index < -0.39 is 0 Å². The minimum atomic E-state index is -0.0135. The highest BCUT2D eigenvalue weighted by Gasteiger charge is 2.31. The van der Waals surface area contributed by atoms with Gasteiger partial charge in [0.25, 0.3) is 5.91 Å².